The number of hydrogen-bond donors (Lipinski definition) is 1. The van der Waals surface area contributed by atoms with Crippen molar-refractivity contribution in [2.75, 3.05) is 0 Å². The highest BCUT2D eigenvalue weighted by Crippen LogP contribution is 2.18. The molecule has 0 atom stereocenters. The van der Waals surface area contributed by atoms with E-state index in [1.54, 1.807) is 24.3 Å². The van der Waals surface area contributed by atoms with Crippen LogP contribution in [0.1, 0.15) is 13.8 Å². The highest BCUT2D eigenvalue weighted by molar-refractivity contribution is 7.16. The predicted molar refractivity (Wildman–Crippen MR) is 73.8 cm³/mol. The Balaban J connectivity index is 2.66. The SMILES string of the molecule is CC(C)(Cn1c(=O)sc2ccccc2c1=O)C(=O)O. The average molecular weight is 279 g/mol. The third kappa shape index (κ3) is 2.44. The molecule has 1 heterocycles. The van der Waals surface area contributed by atoms with E-state index in [1.165, 1.54) is 13.8 Å². The van der Waals surface area contributed by atoms with Crippen LogP contribution in [0.2, 0.25) is 0 Å². The second kappa shape index (κ2) is 4.62. The minimum absolute atomic E-state index is 0.138. The van der Waals surface area contributed by atoms with E-state index in [4.69, 9.17) is 5.11 Å². The van der Waals surface area contributed by atoms with Crippen molar-refractivity contribution in [1.82, 2.24) is 4.57 Å². The number of aromatic nitrogens is 1. The lowest BCUT2D eigenvalue weighted by atomic mass is 9.94. The molecule has 19 heavy (non-hydrogen) atoms. The van der Waals surface area contributed by atoms with Crippen molar-refractivity contribution in [2.45, 2.75) is 20.4 Å². The summed E-state index contributed by atoms with van der Waals surface area (Å²) < 4.78 is 1.61. The van der Waals surface area contributed by atoms with Gasteiger partial charge in [-0.15, -0.1) is 0 Å². The van der Waals surface area contributed by atoms with Crippen LogP contribution in [0.25, 0.3) is 10.1 Å². The summed E-state index contributed by atoms with van der Waals surface area (Å²) in [5.74, 6) is -1.04. The van der Waals surface area contributed by atoms with Gasteiger partial charge < -0.3 is 5.11 Å². The topological polar surface area (TPSA) is 76.4 Å². The number of carbonyl (C=O) groups is 1. The molecule has 5 nitrogen and oxygen atoms in total. The van der Waals surface area contributed by atoms with E-state index >= 15 is 0 Å². The van der Waals surface area contributed by atoms with E-state index < -0.39 is 21.8 Å². The minimum atomic E-state index is -1.17. The van der Waals surface area contributed by atoms with Gasteiger partial charge in [0.25, 0.3) is 5.56 Å². The van der Waals surface area contributed by atoms with Gasteiger partial charge in [-0.05, 0) is 26.0 Å². The second-order valence-electron chi connectivity index (χ2n) is 4.94. The first-order chi connectivity index (χ1) is 8.83. The van der Waals surface area contributed by atoms with Crippen molar-refractivity contribution in [1.29, 1.82) is 0 Å². The standard InChI is InChI=1S/C13H13NO4S/c1-13(2,11(16)17)7-14-10(15)8-5-3-4-6-9(8)19-12(14)18/h3-6H,7H2,1-2H3,(H,16,17). The molecule has 1 aromatic heterocycles. The third-order valence-electron chi connectivity index (χ3n) is 2.91. The molecule has 0 fully saturated rings. The quantitative estimate of drug-likeness (QED) is 0.924. The fourth-order valence-electron chi connectivity index (χ4n) is 1.71. The number of rotatable bonds is 3. The fourth-order valence-corrected chi connectivity index (χ4v) is 2.57. The van der Waals surface area contributed by atoms with Crippen molar-refractivity contribution >= 4 is 27.4 Å². The predicted octanol–water partition coefficient (Wildman–Crippen LogP) is 1.53. The largest absolute Gasteiger partial charge is 0.481 e. The first-order valence-electron chi connectivity index (χ1n) is 5.69. The van der Waals surface area contributed by atoms with Gasteiger partial charge >= 0.3 is 10.8 Å². The van der Waals surface area contributed by atoms with Crippen LogP contribution in [-0.2, 0) is 11.3 Å². The van der Waals surface area contributed by atoms with Crippen LogP contribution < -0.4 is 10.4 Å². The van der Waals surface area contributed by atoms with E-state index in [0.717, 1.165) is 15.9 Å². The van der Waals surface area contributed by atoms with Gasteiger partial charge in [0.2, 0.25) is 0 Å². The Hall–Kier alpha value is -1.95. The average Bonchev–Trinajstić information content (AvgIpc) is 2.34. The van der Waals surface area contributed by atoms with Crippen LogP contribution >= 0.6 is 11.3 Å². The van der Waals surface area contributed by atoms with Crippen LogP contribution in [0.3, 0.4) is 0 Å². The summed E-state index contributed by atoms with van der Waals surface area (Å²) >= 11 is 0.949. The first kappa shape index (κ1) is 13.5. The van der Waals surface area contributed by atoms with E-state index in [9.17, 15) is 14.4 Å². The zero-order chi connectivity index (χ0) is 14.2. The fraction of sp³-hybridized carbons (Fsp3) is 0.308. The summed E-state index contributed by atoms with van der Waals surface area (Å²) in [5, 5.41) is 9.52. The van der Waals surface area contributed by atoms with E-state index in [-0.39, 0.29) is 6.54 Å². The number of hydrogen-bond acceptors (Lipinski definition) is 4. The molecule has 2 aromatic rings. The van der Waals surface area contributed by atoms with Gasteiger partial charge in [0.05, 0.1) is 10.8 Å². The highest BCUT2D eigenvalue weighted by atomic mass is 32.1. The van der Waals surface area contributed by atoms with Crippen molar-refractivity contribution in [3.8, 4) is 0 Å². The van der Waals surface area contributed by atoms with Crippen LogP contribution in [0.4, 0.5) is 0 Å². The minimum Gasteiger partial charge on any atom is -0.481 e. The normalized spacial score (nSPS) is 11.7. The summed E-state index contributed by atoms with van der Waals surface area (Å²) in [7, 11) is 0. The number of carboxylic acid groups (broad SMARTS) is 1. The lowest BCUT2D eigenvalue weighted by molar-refractivity contribution is -0.147. The number of benzene rings is 1. The van der Waals surface area contributed by atoms with Gasteiger partial charge in [-0.2, -0.15) is 0 Å². The van der Waals surface area contributed by atoms with Crippen molar-refractivity contribution in [2.24, 2.45) is 5.41 Å². The molecule has 0 spiro atoms. The number of aliphatic carboxylic acids is 1. The van der Waals surface area contributed by atoms with Gasteiger partial charge in [-0.1, -0.05) is 23.5 Å². The van der Waals surface area contributed by atoms with Crippen LogP contribution in [0.5, 0.6) is 0 Å². The van der Waals surface area contributed by atoms with E-state index in [0.29, 0.717) is 10.1 Å². The van der Waals surface area contributed by atoms with Crippen LogP contribution in [0.15, 0.2) is 33.9 Å². The first-order valence-corrected chi connectivity index (χ1v) is 6.51. The molecule has 0 bridgehead atoms. The molecule has 0 amide bonds. The lowest BCUT2D eigenvalue weighted by Crippen LogP contribution is -2.39. The van der Waals surface area contributed by atoms with Gasteiger partial charge in [-0.25, -0.2) is 0 Å². The molecule has 1 aromatic carbocycles. The molecule has 0 saturated carbocycles. The zero-order valence-corrected chi connectivity index (χ0v) is 11.4. The Morgan fingerprint density at radius 3 is 2.58 bits per heavy atom. The molecule has 0 aliphatic rings. The summed E-state index contributed by atoms with van der Waals surface area (Å²) in [6.45, 7) is 2.84. The summed E-state index contributed by atoms with van der Waals surface area (Å²) in [6, 6.07) is 6.81. The maximum Gasteiger partial charge on any atom is 0.310 e. The molecule has 6 heteroatoms. The maximum absolute atomic E-state index is 12.2. The molecule has 1 N–H and O–H groups in total. The van der Waals surface area contributed by atoms with Crippen molar-refractivity contribution < 1.29 is 9.90 Å². The highest BCUT2D eigenvalue weighted by Gasteiger charge is 2.29. The third-order valence-corrected chi connectivity index (χ3v) is 3.88. The molecule has 0 aliphatic carbocycles. The van der Waals surface area contributed by atoms with Gasteiger partial charge in [0, 0.05) is 11.2 Å². The smallest absolute Gasteiger partial charge is 0.310 e. The Bertz CT molecular complexity index is 757. The number of carboxylic acids is 1. The Kier molecular flexibility index (Phi) is 3.28. The summed E-state index contributed by atoms with van der Waals surface area (Å²) in [6.07, 6.45) is 0. The zero-order valence-electron chi connectivity index (χ0n) is 10.5. The Morgan fingerprint density at radius 2 is 1.95 bits per heavy atom. The summed E-state index contributed by atoms with van der Waals surface area (Å²) in [4.78, 5) is 34.8. The van der Waals surface area contributed by atoms with Crippen molar-refractivity contribution in [3.05, 3.63) is 44.3 Å². The number of fused-ring (bicyclic) bond motifs is 1. The van der Waals surface area contributed by atoms with E-state index in [2.05, 4.69) is 0 Å². The van der Waals surface area contributed by atoms with Crippen molar-refractivity contribution in [3.63, 3.8) is 0 Å². The molecule has 0 radical (unpaired) electrons. The second-order valence-corrected chi connectivity index (χ2v) is 5.94. The molecule has 100 valence electrons. The molecular weight excluding hydrogens is 266 g/mol. The lowest BCUT2D eigenvalue weighted by Gasteiger charge is -2.19. The molecular formula is C13H13NO4S. The maximum atomic E-state index is 12.2. The molecule has 0 aliphatic heterocycles. The van der Waals surface area contributed by atoms with E-state index in [1.807, 2.05) is 0 Å². The van der Waals surface area contributed by atoms with Crippen LogP contribution in [0, 0.1) is 5.41 Å². The number of nitrogens with zero attached hydrogens (tertiary/aromatic N) is 1. The monoisotopic (exact) mass is 279 g/mol. The molecule has 2 rings (SSSR count). The molecule has 0 saturated heterocycles. The molecule has 0 unspecified atom stereocenters. The van der Waals surface area contributed by atoms with Crippen LogP contribution in [-0.4, -0.2) is 15.6 Å². The van der Waals surface area contributed by atoms with Gasteiger partial charge in [-0.3, -0.25) is 19.0 Å². The Labute approximate surface area is 112 Å². The van der Waals surface area contributed by atoms with Gasteiger partial charge in [0.1, 0.15) is 0 Å². The Morgan fingerprint density at radius 1 is 1.32 bits per heavy atom. The van der Waals surface area contributed by atoms with Gasteiger partial charge in [0.15, 0.2) is 0 Å². The summed E-state index contributed by atoms with van der Waals surface area (Å²) in [5.41, 5.74) is -1.60.